The lowest BCUT2D eigenvalue weighted by molar-refractivity contribution is -0.139. The van der Waals surface area contributed by atoms with Gasteiger partial charge in [0.2, 0.25) is 5.91 Å². The Hall–Kier alpha value is -2.11. The van der Waals surface area contributed by atoms with E-state index in [9.17, 15) is 4.79 Å². The lowest BCUT2D eigenvalue weighted by Crippen LogP contribution is -2.41. The van der Waals surface area contributed by atoms with Crippen molar-refractivity contribution < 1.29 is 4.79 Å². The molecule has 2 aromatic rings. The SMILES string of the molecule is CC(C)(C)C(=O)N1CCCN(c2ccnc3ccnn23)CC1. The van der Waals surface area contributed by atoms with Crippen LogP contribution in [0.1, 0.15) is 27.2 Å². The van der Waals surface area contributed by atoms with Crippen LogP contribution in [0.2, 0.25) is 0 Å². The maximum atomic E-state index is 12.5. The van der Waals surface area contributed by atoms with Crippen molar-refractivity contribution in [2.75, 3.05) is 31.1 Å². The van der Waals surface area contributed by atoms with Gasteiger partial charge in [-0.1, -0.05) is 20.8 Å². The quantitative estimate of drug-likeness (QED) is 0.806. The van der Waals surface area contributed by atoms with Crippen LogP contribution in [0.4, 0.5) is 5.82 Å². The summed E-state index contributed by atoms with van der Waals surface area (Å²) in [6, 6.07) is 3.89. The summed E-state index contributed by atoms with van der Waals surface area (Å²) in [6.45, 7) is 9.26. The van der Waals surface area contributed by atoms with Crippen LogP contribution in [-0.4, -0.2) is 51.6 Å². The molecule has 0 bridgehead atoms. The summed E-state index contributed by atoms with van der Waals surface area (Å²) in [7, 11) is 0. The molecule has 6 nitrogen and oxygen atoms in total. The van der Waals surface area contributed by atoms with Crippen LogP contribution in [0, 0.1) is 5.41 Å². The van der Waals surface area contributed by atoms with Gasteiger partial charge >= 0.3 is 0 Å². The summed E-state index contributed by atoms with van der Waals surface area (Å²) in [6.07, 6.45) is 4.54. The minimum atomic E-state index is -0.318. The Bertz CT molecular complexity index is 672. The molecule has 0 aliphatic carbocycles. The molecule has 3 heterocycles. The van der Waals surface area contributed by atoms with E-state index in [1.165, 1.54) is 0 Å². The predicted octanol–water partition coefficient (Wildman–Crippen LogP) is 1.81. The van der Waals surface area contributed by atoms with Gasteiger partial charge < -0.3 is 9.80 Å². The molecule has 1 aliphatic heterocycles. The number of aromatic nitrogens is 3. The maximum Gasteiger partial charge on any atom is 0.228 e. The number of anilines is 1. The van der Waals surface area contributed by atoms with Gasteiger partial charge in [-0.2, -0.15) is 9.61 Å². The molecule has 1 amide bonds. The van der Waals surface area contributed by atoms with E-state index < -0.39 is 0 Å². The molecule has 0 unspecified atom stereocenters. The van der Waals surface area contributed by atoms with Gasteiger partial charge in [-0.05, 0) is 12.5 Å². The van der Waals surface area contributed by atoms with Crippen molar-refractivity contribution >= 4 is 17.4 Å². The van der Waals surface area contributed by atoms with Crippen LogP contribution in [0.25, 0.3) is 5.65 Å². The second kappa shape index (κ2) is 5.59. The zero-order valence-corrected chi connectivity index (χ0v) is 13.5. The largest absolute Gasteiger partial charge is 0.355 e. The van der Waals surface area contributed by atoms with Crippen LogP contribution in [0.3, 0.4) is 0 Å². The van der Waals surface area contributed by atoms with E-state index in [4.69, 9.17) is 0 Å². The highest BCUT2D eigenvalue weighted by Gasteiger charge is 2.28. The van der Waals surface area contributed by atoms with Gasteiger partial charge in [0.05, 0.1) is 6.20 Å². The van der Waals surface area contributed by atoms with E-state index in [0.29, 0.717) is 0 Å². The first-order chi connectivity index (χ1) is 10.5. The van der Waals surface area contributed by atoms with Gasteiger partial charge in [0.25, 0.3) is 0 Å². The number of hydrogen-bond donors (Lipinski definition) is 0. The smallest absolute Gasteiger partial charge is 0.228 e. The first-order valence-corrected chi connectivity index (χ1v) is 7.80. The first kappa shape index (κ1) is 14.8. The Morgan fingerprint density at radius 3 is 2.68 bits per heavy atom. The van der Waals surface area contributed by atoms with Crippen molar-refractivity contribution in [3.05, 3.63) is 24.5 Å². The van der Waals surface area contributed by atoms with E-state index in [0.717, 1.165) is 44.1 Å². The highest BCUT2D eigenvalue weighted by atomic mass is 16.2. The van der Waals surface area contributed by atoms with Crippen molar-refractivity contribution in [3.8, 4) is 0 Å². The molecule has 1 saturated heterocycles. The molecule has 0 atom stereocenters. The molecule has 22 heavy (non-hydrogen) atoms. The number of hydrogen-bond acceptors (Lipinski definition) is 4. The molecule has 1 fully saturated rings. The molecule has 0 saturated carbocycles. The average molecular weight is 301 g/mol. The molecule has 2 aromatic heterocycles. The average Bonchev–Trinajstić information content (AvgIpc) is 2.82. The lowest BCUT2D eigenvalue weighted by Gasteiger charge is -2.28. The van der Waals surface area contributed by atoms with Crippen molar-refractivity contribution in [1.29, 1.82) is 0 Å². The summed E-state index contributed by atoms with van der Waals surface area (Å²) >= 11 is 0. The molecular weight excluding hydrogens is 278 g/mol. The second-order valence-electron chi connectivity index (χ2n) is 6.79. The fourth-order valence-corrected chi connectivity index (χ4v) is 2.88. The molecule has 0 aromatic carbocycles. The Morgan fingerprint density at radius 2 is 1.91 bits per heavy atom. The number of carbonyl (C=O) groups is 1. The number of nitrogens with zero attached hydrogens (tertiary/aromatic N) is 5. The van der Waals surface area contributed by atoms with Crippen LogP contribution >= 0.6 is 0 Å². The van der Waals surface area contributed by atoms with Crippen LogP contribution < -0.4 is 4.90 Å². The highest BCUT2D eigenvalue weighted by molar-refractivity contribution is 5.81. The van der Waals surface area contributed by atoms with Gasteiger partial charge in [-0.25, -0.2) is 4.98 Å². The molecule has 0 spiro atoms. The fourth-order valence-electron chi connectivity index (χ4n) is 2.88. The Labute approximate surface area is 130 Å². The summed E-state index contributed by atoms with van der Waals surface area (Å²) < 4.78 is 1.86. The van der Waals surface area contributed by atoms with Crippen molar-refractivity contribution in [2.45, 2.75) is 27.2 Å². The lowest BCUT2D eigenvalue weighted by atomic mass is 9.94. The summed E-state index contributed by atoms with van der Waals surface area (Å²) in [4.78, 5) is 21.0. The van der Waals surface area contributed by atoms with E-state index in [1.807, 2.05) is 48.5 Å². The molecule has 118 valence electrons. The third-order valence-corrected chi connectivity index (χ3v) is 4.02. The van der Waals surface area contributed by atoms with Gasteiger partial charge in [0, 0.05) is 43.9 Å². The van der Waals surface area contributed by atoms with Gasteiger partial charge in [-0.3, -0.25) is 4.79 Å². The van der Waals surface area contributed by atoms with E-state index in [1.54, 1.807) is 6.20 Å². The fraction of sp³-hybridized carbons (Fsp3) is 0.562. The molecular formula is C16H23N5O. The standard InChI is InChI=1S/C16H23N5O/c1-16(2,3)15(22)20-10-4-9-19(11-12-20)14-6-7-17-13-5-8-18-21(13)14/h5-8H,4,9-12H2,1-3H3. The van der Waals surface area contributed by atoms with Crippen molar-refractivity contribution in [1.82, 2.24) is 19.5 Å². The Kier molecular flexibility index (Phi) is 3.76. The van der Waals surface area contributed by atoms with Gasteiger partial charge in [0.1, 0.15) is 5.82 Å². The first-order valence-electron chi connectivity index (χ1n) is 7.80. The van der Waals surface area contributed by atoms with E-state index in [2.05, 4.69) is 15.0 Å². The zero-order chi connectivity index (χ0) is 15.7. The predicted molar refractivity (Wildman–Crippen MR) is 85.9 cm³/mol. The topological polar surface area (TPSA) is 53.7 Å². The van der Waals surface area contributed by atoms with Crippen LogP contribution in [-0.2, 0) is 4.79 Å². The second-order valence-corrected chi connectivity index (χ2v) is 6.79. The molecule has 3 rings (SSSR count). The Balaban J connectivity index is 1.78. The normalized spacial score (nSPS) is 16.9. The summed E-state index contributed by atoms with van der Waals surface area (Å²) in [5, 5.41) is 4.35. The molecule has 0 N–H and O–H groups in total. The minimum absolute atomic E-state index is 0.230. The zero-order valence-electron chi connectivity index (χ0n) is 13.5. The number of amides is 1. The van der Waals surface area contributed by atoms with Gasteiger partial charge in [-0.15, -0.1) is 0 Å². The third-order valence-electron chi connectivity index (χ3n) is 4.02. The number of fused-ring (bicyclic) bond motifs is 1. The van der Waals surface area contributed by atoms with Crippen molar-refractivity contribution in [2.24, 2.45) is 5.41 Å². The molecule has 6 heteroatoms. The Morgan fingerprint density at radius 1 is 1.09 bits per heavy atom. The van der Waals surface area contributed by atoms with Crippen LogP contribution in [0.15, 0.2) is 24.5 Å². The molecule has 0 radical (unpaired) electrons. The summed E-state index contributed by atoms with van der Waals surface area (Å²) in [5.41, 5.74) is 0.533. The van der Waals surface area contributed by atoms with E-state index in [-0.39, 0.29) is 11.3 Å². The minimum Gasteiger partial charge on any atom is -0.355 e. The van der Waals surface area contributed by atoms with Gasteiger partial charge in [0.15, 0.2) is 5.65 Å². The number of carbonyl (C=O) groups excluding carboxylic acids is 1. The molecule has 1 aliphatic rings. The van der Waals surface area contributed by atoms with E-state index >= 15 is 0 Å². The maximum absolute atomic E-state index is 12.5. The summed E-state index contributed by atoms with van der Waals surface area (Å²) in [5.74, 6) is 1.27. The van der Waals surface area contributed by atoms with Crippen LogP contribution in [0.5, 0.6) is 0 Å². The number of rotatable bonds is 1. The monoisotopic (exact) mass is 301 g/mol. The highest BCUT2D eigenvalue weighted by Crippen LogP contribution is 2.21. The van der Waals surface area contributed by atoms with Crippen molar-refractivity contribution in [3.63, 3.8) is 0 Å². The third kappa shape index (κ3) is 2.77.